The standard InChI is InChI=1S/C17H32N2/c1-13(14-7-3-2-4-8-14)19-17-10-5-9-15(17)16-11-6-12-18-16/h13-19H,2-12H2,1H3. The summed E-state index contributed by atoms with van der Waals surface area (Å²) in [4.78, 5) is 0. The number of hydrogen-bond acceptors (Lipinski definition) is 2. The molecule has 1 heterocycles. The van der Waals surface area contributed by atoms with E-state index in [1.807, 2.05) is 0 Å². The number of hydrogen-bond donors (Lipinski definition) is 2. The van der Waals surface area contributed by atoms with Gasteiger partial charge in [-0.25, -0.2) is 0 Å². The second kappa shape index (κ2) is 6.58. The van der Waals surface area contributed by atoms with Crippen LogP contribution in [0.15, 0.2) is 0 Å². The van der Waals surface area contributed by atoms with Crippen molar-refractivity contribution in [3.63, 3.8) is 0 Å². The Morgan fingerprint density at radius 3 is 2.47 bits per heavy atom. The van der Waals surface area contributed by atoms with Crippen LogP contribution in [0, 0.1) is 11.8 Å². The Balaban J connectivity index is 1.52. The molecule has 0 aromatic rings. The van der Waals surface area contributed by atoms with Gasteiger partial charge in [0.25, 0.3) is 0 Å². The fourth-order valence-electron chi connectivity index (χ4n) is 4.86. The summed E-state index contributed by atoms with van der Waals surface area (Å²) in [6.45, 7) is 3.71. The van der Waals surface area contributed by atoms with E-state index >= 15 is 0 Å². The van der Waals surface area contributed by atoms with Gasteiger partial charge in [0.1, 0.15) is 0 Å². The molecule has 2 nitrogen and oxygen atoms in total. The van der Waals surface area contributed by atoms with Gasteiger partial charge < -0.3 is 10.6 Å². The Hall–Kier alpha value is -0.0800. The van der Waals surface area contributed by atoms with E-state index in [9.17, 15) is 0 Å². The third kappa shape index (κ3) is 3.33. The number of rotatable bonds is 4. The molecule has 3 rings (SSSR count). The summed E-state index contributed by atoms with van der Waals surface area (Å²) in [6.07, 6.45) is 14.5. The van der Waals surface area contributed by atoms with Gasteiger partial charge in [-0.3, -0.25) is 0 Å². The lowest BCUT2D eigenvalue weighted by atomic mass is 9.83. The maximum atomic E-state index is 4.04. The number of nitrogens with one attached hydrogen (secondary N) is 2. The summed E-state index contributed by atoms with van der Waals surface area (Å²) in [5.41, 5.74) is 0. The quantitative estimate of drug-likeness (QED) is 0.812. The zero-order valence-electron chi connectivity index (χ0n) is 12.7. The molecule has 2 saturated carbocycles. The van der Waals surface area contributed by atoms with Crippen LogP contribution in [0.5, 0.6) is 0 Å². The zero-order chi connectivity index (χ0) is 13.1. The minimum atomic E-state index is 0.743. The first kappa shape index (κ1) is 13.9. The van der Waals surface area contributed by atoms with Gasteiger partial charge in [-0.05, 0) is 63.8 Å². The monoisotopic (exact) mass is 264 g/mol. The molecular formula is C17H32N2. The fraction of sp³-hybridized carbons (Fsp3) is 1.00. The van der Waals surface area contributed by atoms with E-state index in [1.165, 1.54) is 70.8 Å². The van der Waals surface area contributed by atoms with Crippen molar-refractivity contribution in [3.05, 3.63) is 0 Å². The predicted octanol–water partition coefficient (Wildman–Crippen LogP) is 3.47. The summed E-state index contributed by atoms with van der Waals surface area (Å²) in [7, 11) is 0. The maximum Gasteiger partial charge on any atom is 0.0113 e. The van der Waals surface area contributed by atoms with Crippen molar-refractivity contribution in [2.24, 2.45) is 11.8 Å². The molecule has 2 aliphatic carbocycles. The molecule has 2 N–H and O–H groups in total. The van der Waals surface area contributed by atoms with Crippen molar-refractivity contribution in [1.29, 1.82) is 0 Å². The molecule has 2 heteroatoms. The maximum absolute atomic E-state index is 4.04. The Morgan fingerprint density at radius 2 is 1.74 bits per heavy atom. The highest BCUT2D eigenvalue weighted by Crippen LogP contribution is 2.34. The first-order chi connectivity index (χ1) is 9.34. The van der Waals surface area contributed by atoms with E-state index in [-0.39, 0.29) is 0 Å². The lowest BCUT2D eigenvalue weighted by Crippen LogP contribution is -2.47. The highest BCUT2D eigenvalue weighted by atomic mass is 15.0. The van der Waals surface area contributed by atoms with Crippen molar-refractivity contribution in [3.8, 4) is 0 Å². The van der Waals surface area contributed by atoms with Crippen LogP contribution in [-0.4, -0.2) is 24.7 Å². The molecule has 0 aromatic heterocycles. The summed E-state index contributed by atoms with van der Waals surface area (Å²) in [5.74, 6) is 1.86. The summed E-state index contributed by atoms with van der Waals surface area (Å²) < 4.78 is 0. The Bertz CT molecular complexity index is 266. The largest absolute Gasteiger partial charge is 0.314 e. The molecule has 1 aliphatic heterocycles. The molecule has 110 valence electrons. The lowest BCUT2D eigenvalue weighted by molar-refractivity contribution is 0.232. The molecule has 0 spiro atoms. The van der Waals surface area contributed by atoms with E-state index in [1.54, 1.807) is 0 Å². The summed E-state index contributed by atoms with van der Waals surface area (Å²) in [5, 5.41) is 7.78. The van der Waals surface area contributed by atoms with Crippen LogP contribution < -0.4 is 10.6 Å². The van der Waals surface area contributed by atoms with E-state index in [0.717, 1.165) is 30.0 Å². The zero-order valence-corrected chi connectivity index (χ0v) is 12.7. The third-order valence-corrected chi connectivity index (χ3v) is 6.02. The second-order valence-corrected chi connectivity index (χ2v) is 7.26. The second-order valence-electron chi connectivity index (χ2n) is 7.26. The minimum absolute atomic E-state index is 0.743. The summed E-state index contributed by atoms with van der Waals surface area (Å²) >= 11 is 0. The highest BCUT2D eigenvalue weighted by Gasteiger charge is 2.36. The average molecular weight is 264 g/mol. The molecule has 0 radical (unpaired) electrons. The molecule has 0 aromatic carbocycles. The molecule has 1 saturated heterocycles. The van der Waals surface area contributed by atoms with Gasteiger partial charge in [0, 0.05) is 18.1 Å². The van der Waals surface area contributed by atoms with Gasteiger partial charge in [0.15, 0.2) is 0 Å². The van der Waals surface area contributed by atoms with Gasteiger partial charge in [0.2, 0.25) is 0 Å². The van der Waals surface area contributed by atoms with Crippen molar-refractivity contribution in [2.75, 3.05) is 6.54 Å². The fourth-order valence-corrected chi connectivity index (χ4v) is 4.86. The van der Waals surface area contributed by atoms with Crippen LogP contribution >= 0.6 is 0 Å². The van der Waals surface area contributed by atoms with Crippen molar-refractivity contribution in [2.45, 2.75) is 89.3 Å². The summed E-state index contributed by atoms with van der Waals surface area (Å²) in [6, 6.07) is 2.36. The van der Waals surface area contributed by atoms with Gasteiger partial charge in [-0.15, -0.1) is 0 Å². The Labute approximate surface area is 119 Å². The third-order valence-electron chi connectivity index (χ3n) is 6.02. The molecule has 0 amide bonds. The molecule has 4 unspecified atom stereocenters. The predicted molar refractivity (Wildman–Crippen MR) is 81.3 cm³/mol. The smallest absolute Gasteiger partial charge is 0.0113 e. The van der Waals surface area contributed by atoms with Crippen molar-refractivity contribution >= 4 is 0 Å². The minimum Gasteiger partial charge on any atom is -0.314 e. The van der Waals surface area contributed by atoms with E-state index in [4.69, 9.17) is 0 Å². The van der Waals surface area contributed by atoms with Gasteiger partial charge >= 0.3 is 0 Å². The van der Waals surface area contributed by atoms with Crippen LogP contribution in [-0.2, 0) is 0 Å². The van der Waals surface area contributed by atoms with Crippen LogP contribution in [0.3, 0.4) is 0 Å². The molecule has 3 aliphatic rings. The molecular weight excluding hydrogens is 232 g/mol. The first-order valence-corrected chi connectivity index (χ1v) is 8.84. The van der Waals surface area contributed by atoms with Crippen molar-refractivity contribution < 1.29 is 0 Å². The molecule has 19 heavy (non-hydrogen) atoms. The van der Waals surface area contributed by atoms with E-state index in [0.29, 0.717) is 0 Å². The van der Waals surface area contributed by atoms with Crippen LogP contribution in [0.2, 0.25) is 0 Å². The van der Waals surface area contributed by atoms with Crippen LogP contribution in [0.1, 0.15) is 71.1 Å². The molecule has 4 atom stereocenters. The Kier molecular flexibility index (Phi) is 4.81. The first-order valence-electron chi connectivity index (χ1n) is 8.84. The SMILES string of the molecule is CC(NC1CCCC1C1CCCN1)C1CCCCC1. The Morgan fingerprint density at radius 1 is 0.895 bits per heavy atom. The van der Waals surface area contributed by atoms with Gasteiger partial charge in [0.05, 0.1) is 0 Å². The van der Waals surface area contributed by atoms with Gasteiger partial charge in [-0.1, -0.05) is 25.7 Å². The molecule has 3 fully saturated rings. The molecule has 0 bridgehead atoms. The van der Waals surface area contributed by atoms with Gasteiger partial charge in [-0.2, -0.15) is 0 Å². The topological polar surface area (TPSA) is 24.1 Å². The van der Waals surface area contributed by atoms with Crippen LogP contribution in [0.25, 0.3) is 0 Å². The van der Waals surface area contributed by atoms with Crippen LogP contribution in [0.4, 0.5) is 0 Å². The van der Waals surface area contributed by atoms with Crippen molar-refractivity contribution in [1.82, 2.24) is 10.6 Å². The average Bonchev–Trinajstić information content (AvgIpc) is 3.10. The lowest BCUT2D eigenvalue weighted by Gasteiger charge is -2.34. The van der Waals surface area contributed by atoms with E-state index < -0.39 is 0 Å². The highest BCUT2D eigenvalue weighted by molar-refractivity contribution is 4.94. The normalized spacial score (nSPS) is 38.7. The van der Waals surface area contributed by atoms with E-state index in [2.05, 4.69) is 17.6 Å².